The summed E-state index contributed by atoms with van der Waals surface area (Å²) in [5, 5.41) is 0. The molecule has 1 rings (SSSR count). The van der Waals surface area contributed by atoms with Crippen molar-refractivity contribution in [2.24, 2.45) is 5.84 Å². The largest absolute Gasteiger partial charge is 0.496 e. The lowest BCUT2D eigenvalue weighted by atomic mass is 10.0. The van der Waals surface area contributed by atoms with Gasteiger partial charge in [0.2, 0.25) is 0 Å². The van der Waals surface area contributed by atoms with Crippen molar-refractivity contribution in [3.05, 3.63) is 22.8 Å². The van der Waals surface area contributed by atoms with Gasteiger partial charge in [0.1, 0.15) is 18.1 Å². The Labute approximate surface area is 112 Å². The molecule has 0 fully saturated rings. The average Bonchev–Trinajstić information content (AvgIpc) is 2.42. The summed E-state index contributed by atoms with van der Waals surface area (Å²) in [6.07, 6.45) is 0. The summed E-state index contributed by atoms with van der Waals surface area (Å²) in [6, 6.07) is 1.85. The molecule has 6 nitrogen and oxygen atoms in total. The van der Waals surface area contributed by atoms with Crippen molar-refractivity contribution >= 4 is 5.91 Å². The summed E-state index contributed by atoms with van der Waals surface area (Å²) in [6.45, 7) is 4.05. The molecule has 0 aromatic heterocycles. The molecule has 0 atom stereocenters. The fourth-order valence-electron chi connectivity index (χ4n) is 1.83. The molecule has 0 aliphatic heterocycles. The molecule has 0 spiro atoms. The molecule has 0 aliphatic rings. The minimum atomic E-state index is -0.380. The maximum atomic E-state index is 11.0. The fourth-order valence-corrected chi connectivity index (χ4v) is 1.83. The van der Waals surface area contributed by atoms with Gasteiger partial charge in [-0.15, -0.1) is 0 Å². The van der Waals surface area contributed by atoms with Gasteiger partial charge in [-0.3, -0.25) is 10.2 Å². The zero-order chi connectivity index (χ0) is 14.4. The van der Waals surface area contributed by atoms with Crippen LogP contribution in [-0.4, -0.2) is 26.7 Å². The first kappa shape index (κ1) is 15.3. The molecule has 3 N–H and O–H groups in total. The highest BCUT2D eigenvalue weighted by molar-refractivity contribution is 5.76. The number of amides is 1. The zero-order valence-electron chi connectivity index (χ0n) is 11.7. The first-order valence-electron chi connectivity index (χ1n) is 5.83. The number of hydrogen-bond acceptors (Lipinski definition) is 5. The van der Waals surface area contributed by atoms with E-state index >= 15 is 0 Å². The molecule has 0 saturated heterocycles. The van der Waals surface area contributed by atoms with Gasteiger partial charge in [0, 0.05) is 5.56 Å². The maximum Gasteiger partial charge on any atom is 0.259 e. The number of carbonyl (C=O) groups is 1. The minimum absolute atomic E-state index is 0.102. The van der Waals surface area contributed by atoms with Crippen LogP contribution in [0.1, 0.15) is 16.7 Å². The fraction of sp³-hybridized carbons (Fsp3) is 0.462. The molecule has 19 heavy (non-hydrogen) atoms. The number of benzene rings is 1. The van der Waals surface area contributed by atoms with Gasteiger partial charge in [-0.2, -0.15) is 0 Å². The number of carbonyl (C=O) groups excluding carboxylic acids is 1. The highest BCUT2D eigenvalue weighted by Crippen LogP contribution is 2.33. The van der Waals surface area contributed by atoms with Gasteiger partial charge < -0.3 is 14.2 Å². The van der Waals surface area contributed by atoms with Crippen LogP contribution in [-0.2, 0) is 16.1 Å². The normalized spacial score (nSPS) is 10.2. The third kappa shape index (κ3) is 3.59. The monoisotopic (exact) mass is 268 g/mol. The van der Waals surface area contributed by atoms with E-state index in [0.717, 1.165) is 28.2 Å². The molecule has 6 heteroatoms. The van der Waals surface area contributed by atoms with Gasteiger partial charge in [-0.05, 0) is 31.0 Å². The smallest absolute Gasteiger partial charge is 0.259 e. The molecule has 0 saturated carbocycles. The van der Waals surface area contributed by atoms with E-state index in [2.05, 4.69) is 0 Å². The van der Waals surface area contributed by atoms with E-state index in [1.807, 2.05) is 25.3 Å². The summed E-state index contributed by atoms with van der Waals surface area (Å²) in [5.74, 6) is 6.10. The predicted molar refractivity (Wildman–Crippen MR) is 71.0 cm³/mol. The van der Waals surface area contributed by atoms with Gasteiger partial charge in [0.15, 0.2) is 0 Å². The van der Waals surface area contributed by atoms with E-state index in [4.69, 9.17) is 20.1 Å². The van der Waals surface area contributed by atoms with Crippen LogP contribution in [0.2, 0.25) is 0 Å². The Morgan fingerprint density at radius 3 is 2.47 bits per heavy atom. The van der Waals surface area contributed by atoms with E-state index in [1.54, 1.807) is 14.2 Å². The standard InChI is InChI=1S/C13H20N2O4/c1-8-9(2)13(18-4)10(5-11(8)17-3)6-19-7-12(16)15-14/h5H,6-7,14H2,1-4H3,(H,15,16). The number of hydrogen-bond donors (Lipinski definition) is 2. The van der Waals surface area contributed by atoms with Gasteiger partial charge in [-0.25, -0.2) is 5.84 Å². The number of nitrogens with one attached hydrogen (secondary N) is 1. The topological polar surface area (TPSA) is 82.8 Å². The number of nitrogens with two attached hydrogens (primary N) is 1. The van der Waals surface area contributed by atoms with Gasteiger partial charge in [0.05, 0.1) is 20.8 Å². The molecule has 0 aliphatic carbocycles. The molecular weight excluding hydrogens is 248 g/mol. The maximum absolute atomic E-state index is 11.0. The van der Waals surface area contributed by atoms with Gasteiger partial charge in [-0.1, -0.05) is 0 Å². The van der Waals surface area contributed by atoms with Crippen molar-refractivity contribution in [3.8, 4) is 11.5 Å². The Balaban J connectivity index is 2.92. The van der Waals surface area contributed by atoms with Crippen molar-refractivity contribution in [2.45, 2.75) is 20.5 Å². The third-order valence-electron chi connectivity index (χ3n) is 2.95. The first-order valence-corrected chi connectivity index (χ1v) is 5.83. The Morgan fingerprint density at radius 2 is 1.95 bits per heavy atom. The summed E-state index contributed by atoms with van der Waals surface area (Å²) in [5.41, 5.74) is 4.84. The predicted octanol–water partition coefficient (Wildman–Crippen LogP) is 0.827. The number of hydrazine groups is 1. The second-order valence-corrected chi connectivity index (χ2v) is 4.08. The van der Waals surface area contributed by atoms with Crippen LogP contribution >= 0.6 is 0 Å². The van der Waals surface area contributed by atoms with Gasteiger partial charge in [0.25, 0.3) is 5.91 Å². The molecule has 106 valence electrons. The second-order valence-electron chi connectivity index (χ2n) is 4.08. The molecular formula is C13H20N2O4. The minimum Gasteiger partial charge on any atom is -0.496 e. The van der Waals surface area contributed by atoms with Crippen molar-refractivity contribution in [2.75, 3.05) is 20.8 Å². The van der Waals surface area contributed by atoms with Crippen molar-refractivity contribution in [1.82, 2.24) is 5.43 Å². The molecule has 0 unspecified atom stereocenters. The molecule has 0 heterocycles. The van der Waals surface area contributed by atoms with Crippen LogP contribution < -0.4 is 20.7 Å². The Bertz CT molecular complexity index is 460. The lowest BCUT2D eigenvalue weighted by Crippen LogP contribution is -2.33. The van der Waals surface area contributed by atoms with Crippen LogP contribution in [0.5, 0.6) is 11.5 Å². The van der Waals surface area contributed by atoms with Crippen LogP contribution in [0.25, 0.3) is 0 Å². The van der Waals surface area contributed by atoms with E-state index in [-0.39, 0.29) is 19.1 Å². The van der Waals surface area contributed by atoms with Crippen molar-refractivity contribution in [3.63, 3.8) is 0 Å². The van der Waals surface area contributed by atoms with E-state index in [9.17, 15) is 4.79 Å². The van der Waals surface area contributed by atoms with E-state index in [1.165, 1.54) is 0 Å². The number of rotatable bonds is 6. The van der Waals surface area contributed by atoms with Crippen LogP contribution in [0.15, 0.2) is 6.07 Å². The number of ether oxygens (including phenoxy) is 3. The Morgan fingerprint density at radius 1 is 1.26 bits per heavy atom. The highest BCUT2D eigenvalue weighted by Gasteiger charge is 2.14. The lowest BCUT2D eigenvalue weighted by molar-refractivity contribution is -0.126. The quantitative estimate of drug-likeness (QED) is 0.453. The second kappa shape index (κ2) is 6.96. The average molecular weight is 268 g/mol. The summed E-state index contributed by atoms with van der Waals surface area (Å²) >= 11 is 0. The SMILES string of the molecule is COc1cc(COCC(=O)NN)c(OC)c(C)c1C. The molecule has 1 aromatic rings. The molecule has 0 radical (unpaired) electrons. The van der Waals surface area contributed by atoms with E-state index < -0.39 is 0 Å². The van der Waals surface area contributed by atoms with Crippen LogP contribution in [0, 0.1) is 13.8 Å². The molecule has 1 amide bonds. The number of methoxy groups -OCH3 is 2. The first-order chi connectivity index (χ1) is 9.04. The zero-order valence-corrected chi connectivity index (χ0v) is 11.7. The molecule has 1 aromatic carbocycles. The van der Waals surface area contributed by atoms with Gasteiger partial charge >= 0.3 is 0 Å². The third-order valence-corrected chi connectivity index (χ3v) is 2.95. The summed E-state index contributed by atoms with van der Waals surface area (Å²) < 4.78 is 16.0. The summed E-state index contributed by atoms with van der Waals surface area (Å²) in [4.78, 5) is 11.0. The lowest BCUT2D eigenvalue weighted by Gasteiger charge is -2.16. The highest BCUT2D eigenvalue weighted by atomic mass is 16.5. The van der Waals surface area contributed by atoms with Crippen LogP contribution in [0.4, 0.5) is 0 Å². The molecule has 0 bridgehead atoms. The van der Waals surface area contributed by atoms with Crippen molar-refractivity contribution < 1.29 is 19.0 Å². The summed E-state index contributed by atoms with van der Waals surface area (Å²) in [7, 11) is 3.21. The Hall–Kier alpha value is -1.79. The van der Waals surface area contributed by atoms with E-state index in [0.29, 0.717) is 0 Å². The Kier molecular flexibility index (Phi) is 5.59. The van der Waals surface area contributed by atoms with Crippen LogP contribution in [0.3, 0.4) is 0 Å². The van der Waals surface area contributed by atoms with Crippen molar-refractivity contribution in [1.29, 1.82) is 0 Å².